The number of nitrogens with zero attached hydrogens (tertiary/aromatic N) is 1. The average molecular weight is 479 g/mol. The lowest BCUT2D eigenvalue weighted by atomic mass is 9.75. The summed E-state index contributed by atoms with van der Waals surface area (Å²) in [5, 5.41) is 2.71. The van der Waals surface area contributed by atoms with E-state index >= 15 is 0 Å². The molecule has 1 aromatic heterocycles. The van der Waals surface area contributed by atoms with Crippen LogP contribution in [0.25, 0.3) is 0 Å². The van der Waals surface area contributed by atoms with E-state index in [1.54, 1.807) is 0 Å². The van der Waals surface area contributed by atoms with Crippen LogP contribution in [0.2, 0.25) is 0 Å². The third-order valence-electron chi connectivity index (χ3n) is 6.05. The summed E-state index contributed by atoms with van der Waals surface area (Å²) in [5.41, 5.74) is -0.746. The first-order chi connectivity index (χ1) is 16.0. The molecular formula is C25H29F3N2O4. The number of benzene rings is 1. The van der Waals surface area contributed by atoms with E-state index in [-0.39, 0.29) is 29.1 Å². The topological polar surface area (TPSA) is 77.5 Å². The van der Waals surface area contributed by atoms with E-state index in [0.717, 1.165) is 31.4 Å². The van der Waals surface area contributed by atoms with Crippen LogP contribution in [0.1, 0.15) is 56.0 Å². The number of rotatable bonds is 7. The largest absolute Gasteiger partial charge is 0.460 e. The van der Waals surface area contributed by atoms with Crippen LogP contribution in [0, 0.1) is 17.8 Å². The number of aromatic nitrogens is 1. The first-order valence-corrected chi connectivity index (χ1v) is 11.3. The standard InChI is InChI=1S/C25H29F3N2O4/c1-15(2)19-10-9-16(3)12-21(19)34-22(31)14-33-24(32)20-8-5-11-29-23(20)30-18-7-4-6-17(13-18)25(26,27)28/h4-8,11,13,15-16,19,21H,9-10,12,14H2,1-3H3,(H,29,30)/t16-,19+,21-/m0/s1. The Hall–Kier alpha value is -3.10. The van der Waals surface area contributed by atoms with Crippen molar-refractivity contribution >= 4 is 23.4 Å². The summed E-state index contributed by atoms with van der Waals surface area (Å²) in [6.07, 6.45) is -0.487. The molecule has 9 heteroatoms. The zero-order valence-electron chi connectivity index (χ0n) is 19.4. The summed E-state index contributed by atoms with van der Waals surface area (Å²) in [7, 11) is 0. The number of hydrogen-bond donors (Lipinski definition) is 1. The number of pyridine rings is 1. The van der Waals surface area contributed by atoms with Gasteiger partial charge in [0.1, 0.15) is 17.5 Å². The summed E-state index contributed by atoms with van der Waals surface area (Å²) < 4.78 is 49.7. The summed E-state index contributed by atoms with van der Waals surface area (Å²) in [6, 6.07) is 7.43. The summed E-state index contributed by atoms with van der Waals surface area (Å²) >= 11 is 0. The summed E-state index contributed by atoms with van der Waals surface area (Å²) in [4.78, 5) is 29.0. The predicted octanol–water partition coefficient (Wildman–Crippen LogP) is 6.00. The van der Waals surface area contributed by atoms with Crippen LogP contribution in [0.3, 0.4) is 0 Å². The fourth-order valence-corrected chi connectivity index (χ4v) is 4.23. The van der Waals surface area contributed by atoms with E-state index in [2.05, 4.69) is 31.1 Å². The number of ether oxygens (including phenoxy) is 2. The van der Waals surface area contributed by atoms with Crippen LogP contribution < -0.4 is 5.32 Å². The average Bonchev–Trinajstić information content (AvgIpc) is 2.77. The number of anilines is 2. The SMILES string of the molecule is CC(C)[C@H]1CC[C@H](C)C[C@@H]1OC(=O)COC(=O)c1cccnc1Nc1cccc(C(F)(F)F)c1. The lowest BCUT2D eigenvalue weighted by Gasteiger charge is -2.36. The second-order valence-corrected chi connectivity index (χ2v) is 9.03. The molecule has 0 saturated heterocycles. The van der Waals surface area contributed by atoms with Gasteiger partial charge in [-0.3, -0.25) is 0 Å². The molecule has 0 aliphatic heterocycles. The van der Waals surface area contributed by atoms with Gasteiger partial charge in [-0.25, -0.2) is 14.6 Å². The molecule has 2 aromatic rings. The Morgan fingerprint density at radius 1 is 1.18 bits per heavy atom. The lowest BCUT2D eigenvalue weighted by molar-refractivity contribution is -0.159. The van der Waals surface area contributed by atoms with E-state index in [9.17, 15) is 22.8 Å². The minimum absolute atomic E-state index is 0.0148. The Morgan fingerprint density at radius 2 is 1.94 bits per heavy atom. The first kappa shape index (κ1) is 25.5. The summed E-state index contributed by atoms with van der Waals surface area (Å²) in [6.45, 7) is 5.76. The van der Waals surface area contributed by atoms with Crippen molar-refractivity contribution in [1.82, 2.24) is 4.98 Å². The zero-order valence-corrected chi connectivity index (χ0v) is 19.4. The van der Waals surface area contributed by atoms with E-state index in [0.29, 0.717) is 11.8 Å². The van der Waals surface area contributed by atoms with Crippen molar-refractivity contribution in [2.75, 3.05) is 11.9 Å². The van der Waals surface area contributed by atoms with E-state index in [1.807, 2.05) is 0 Å². The van der Waals surface area contributed by atoms with Gasteiger partial charge in [0.25, 0.3) is 0 Å². The van der Waals surface area contributed by atoms with Gasteiger partial charge in [-0.15, -0.1) is 0 Å². The fraction of sp³-hybridized carbons (Fsp3) is 0.480. The smallest absolute Gasteiger partial charge is 0.416 e. The molecule has 1 aliphatic rings. The Bertz CT molecular complexity index is 1010. The number of halogens is 3. The molecule has 0 amide bonds. The molecule has 1 aliphatic carbocycles. The highest BCUT2D eigenvalue weighted by molar-refractivity contribution is 5.96. The van der Waals surface area contributed by atoms with E-state index in [4.69, 9.17) is 9.47 Å². The molecule has 0 bridgehead atoms. The van der Waals surface area contributed by atoms with Crippen LogP contribution >= 0.6 is 0 Å². The molecule has 1 saturated carbocycles. The van der Waals surface area contributed by atoms with Gasteiger partial charge in [-0.05, 0) is 60.9 Å². The van der Waals surface area contributed by atoms with Crippen molar-refractivity contribution in [3.63, 3.8) is 0 Å². The molecule has 34 heavy (non-hydrogen) atoms. The second kappa shape index (κ2) is 10.9. The normalized spacial score (nSPS) is 20.6. The molecule has 0 radical (unpaired) electrons. The number of nitrogens with one attached hydrogen (secondary N) is 1. The maximum absolute atomic E-state index is 13.0. The van der Waals surface area contributed by atoms with Gasteiger partial charge in [0.05, 0.1) is 5.56 Å². The van der Waals surface area contributed by atoms with Gasteiger partial charge in [-0.1, -0.05) is 33.3 Å². The Morgan fingerprint density at radius 3 is 2.65 bits per heavy atom. The first-order valence-electron chi connectivity index (χ1n) is 11.3. The van der Waals surface area contributed by atoms with Crippen molar-refractivity contribution in [3.05, 3.63) is 53.7 Å². The Labute approximate surface area is 196 Å². The Balaban J connectivity index is 1.63. The van der Waals surface area contributed by atoms with Crippen LogP contribution in [0.15, 0.2) is 42.6 Å². The van der Waals surface area contributed by atoms with E-state index in [1.165, 1.54) is 30.5 Å². The molecule has 1 fully saturated rings. The molecule has 0 spiro atoms. The van der Waals surface area contributed by atoms with Crippen molar-refractivity contribution in [2.45, 2.75) is 52.3 Å². The molecule has 1 N–H and O–H groups in total. The predicted molar refractivity (Wildman–Crippen MR) is 120 cm³/mol. The van der Waals surface area contributed by atoms with Gasteiger partial charge >= 0.3 is 18.1 Å². The van der Waals surface area contributed by atoms with Gasteiger partial charge in [-0.2, -0.15) is 13.2 Å². The van der Waals surface area contributed by atoms with E-state index < -0.39 is 30.3 Å². The maximum Gasteiger partial charge on any atom is 0.416 e. The third-order valence-corrected chi connectivity index (χ3v) is 6.05. The van der Waals surface area contributed by atoms with Crippen molar-refractivity contribution in [3.8, 4) is 0 Å². The third kappa shape index (κ3) is 6.71. The molecule has 0 unspecified atom stereocenters. The molecule has 1 heterocycles. The molecule has 1 aromatic carbocycles. The number of alkyl halides is 3. The van der Waals surface area contributed by atoms with Crippen LogP contribution in [0.4, 0.5) is 24.7 Å². The van der Waals surface area contributed by atoms with Crippen LogP contribution in [-0.4, -0.2) is 29.6 Å². The van der Waals surface area contributed by atoms with Crippen molar-refractivity contribution in [2.24, 2.45) is 17.8 Å². The molecule has 184 valence electrons. The number of carbonyl (C=O) groups excluding carboxylic acids is 2. The minimum atomic E-state index is -4.51. The molecule has 3 rings (SSSR count). The maximum atomic E-state index is 13.0. The van der Waals surface area contributed by atoms with Gasteiger partial charge in [0.15, 0.2) is 6.61 Å². The molecule has 3 atom stereocenters. The quantitative estimate of drug-likeness (QED) is 0.492. The van der Waals surface area contributed by atoms with Crippen molar-refractivity contribution in [1.29, 1.82) is 0 Å². The van der Waals surface area contributed by atoms with Gasteiger partial charge in [0, 0.05) is 11.9 Å². The monoisotopic (exact) mass is 478 g/mol. The Kier molecular flexibility index (Phi) is 8.17. The van der Waals surface area contributed by atoms with Gasteiger partial charge in [0.2, 0.25) is 0 Å². The lowest BCUT2D eigenvalue weighted by Crippen LogP contribution is -2.36. The highest BCUT2D eigenvalue weighted by Gasteiger charge is 2.34. The summed E-state index contributed by atoms with van der Waals surface area (Å²) in [5.74, 6) is -0.368. The molecule has 6 nitrogen and oxygen atoms in total. The number of esters is 2. The number of hydrogen-bond acceptors (Lipinski definition) is 6. The highest BCUT2D eigenvalue weighted by Crippen LogP contribution is 2.35. The number of carbonyl (C=O) groups is 2. The second-order valence-electron chi connectivity index (χ2n) is 9.03. The van der Waals surface area contributed by atoms with Crippen LogP contribution in [-0.2, 0) is 20.4 Å². The van der Waals surface area contributed by atoms with Gasteiger partial charge < -0.3 is 14.8 Å². The zero-order chi connectivity index (χ0) is 24.9. The minimum Gasteiger partial charge on any atom is -0.460 e. The molecular weight excluding hydrogens is 449 g/mol. The fourth-order valence-electron chi connectivity index (χ4n) is 4.23. The van der Waals surface area contributed by atoms with Crippen LogP contribution in [0.5, 0.6) is 0 Å². The highest BCUT2D eigenvalue weighted by atomic mass is 19.4. The van der Waals surface area contributed by atoms with Crippen molar-refractivity contribution < 1.29 is 32.2 Å².